The van der Waals surface area contributed by atoms with Crippen LogP contribution in [-0.2, 0) is 0 Å². The lowest BCUT2D eigenvalue weighted by Crippen LogP contribution is -2.16. The fraction of sp³-hybridized carbons (Fsp3) is 0.0833. The maximum Gasteiger partial charge on any atom is 0.255 e. The number of anilines is 2. The zero-order valence-electron chi connectivity index (χ0n) is 18.2. The Kier molecular flexibility index (Phi) is 8.71. The first-order chi connectivity index (χ1) is 15.4. The number of nitrogens with zero attached hydrogens (tertiary/aromatic N) is 2. The van der Waals surface area contributed by atoms with E-state index in [2.05, 4.69) is 20.6 Å². The summed E-state index contributed by atoms with van der Waals surface area (Å²) in [6.07, 6.45) is 0. The van der Waals surface area contributed by atoms with Crippen molar-refractivity contribution in [1.82, 2.24) is 0 Å². The van der Waals surface area contributed by atoms with Gasteiger partial charge in [-0.25, -0.2) is 0 Å². The first-order valence-electron chi connectivity index (χ1n) is 9.79. The highest BCUT2D eigenvalue weighted by atomic mass is 35.5. The molecular formula is C24H25ClN6O2. The number of benzene rings is 3. The van der Waals surface area contributed by atoms with Gasteiger partial charge in [0.15, 0.2) is 0 Å². The highest BCUT2D eigenvalue weighted by Crippen LogP contribution is 2.15. The minimum absolute atomic E-state index is 0. The van der Waals surface area contributed by atoms with E-state index in [0.717, 1.165) is 0 Å². The number of amidine groups is 2. The standard InChI is InChI=1S/C24H24N6O2.ClH/c1-27-21(25)17-5-3-7-19(13-17)29-23(31)15-9-11-16(12-10-15)24(32)30-20-8-4-6-18(14-20)22(26)28-2;/h3-14H,1-2H3,(H2,25,27)(H2,26,28)(H,29,31)(H,30,32);1H. The van der Waals surface area contributed by atoms with Crippen LogP contribution in [0.4, 0.5) is 11.4 Å². The molecule has 3 aromatic carbocycles. The van der Waals surface area contributed by atoms with Crippen LogP contribution in [0, 0.1) is 0 Å². The van der Waals surface area contributed by atoms with Crippen molar-refractivity contribution in [3.63, 3.8) is 0 Å². The van der Waals surface area contributed by atoms with Crippen molar-refractivity contribution in [2.24, 2.45) is 21.5 Å². The second-order valence-corrected chi connectivity index (χ2v) is 6.86. The van der Waals surface area contributed by atoms with Crippen LogP contribution in [0.1, 0.15) is 31.8 Å². The van der Waals surface area contributed by atoms with Crippen molar-refractivity contribution in [3.8, 4) is 0 Å². The summed E-state index contributed by atoms with van der Waals surface area (Å²) in [6.45, 7) is 0. The Morgan fingerprint density at radius 3 is 1.33 bits per heavy atom. The van der Waals surface area contributed by atoms with Gasteiger partial charge in [0.2, 0.25) is 0 Å². The zero-order chi connectivity index (χ0) is 23.1. The van der Waals surface area contributed by atoms with Crippen LogP contribution >= 0.6 is 12.4 Å². The van der Waals surface area contributed by atoms with Crippen LogP contribution in [0.15, 0.2) is 82.8 Å². The van der Waals surface area contributed by atoms with E-state index in [1.165, 1.54) is 0 Å². The Labute approximate surface area is 198 Å². The van der Waals surface area contributed by atoms with Crippen LogP contribution in [0.3, 0.4) is 0 Å². The molecule has 0 heterocycles. The molecule has 3 rings (SSSR count). The predicted octanol–water partition coefficient (Wildman–Crippen LogP) is 3.28. The summed E-state index contributed by atoms with van der Waals surface area (Å²) in [6, 6.07) is 20.6. The summed E-state index contributed by atoms with van der Waals surface area (Å²) in [5.41, 5.74) is 15.1. The van der Waals surface area contributed by atoms with Crippen molar-refractivity contribution in [3.05, 3.63) is 95.1 Å². The Morgan fingerprint density at radius 1 is 0.636 bits per heavy atom. The maximum absolute atomic E-state index is 12.6. The van der Waals surface area contributed by atoms with Gasteiger partial charge in [0.1, 0.15) is 11.7 Å². The van der Waals surface area contributed by atoms with Crippen LogP contribution in [0.5, 0.6) is 0 Å². The number of carbonyl (C=O) groups is 2. The minimum Gasteiger partial charge on any atom is -0.384 e. The average molecular weight is 465 g/mol. The molecule has 0 unspecified atom stereocenters. The summed E-state index contributed by atoms with van der Waals surface area (Å²) >= 11 is 0. The lowest BCUT2D eigenvalue weighted by Gasteiger charge is -2.09. The Bertz CT molecular complexity index is 1110. The fourth-order valence-corrected chi connectivity index (χ4v) is 2.95. The number of nitrogens with two attached hydrogens (primary N) is 2. The van der Waals surface area contributed by atoms with E-state index in [0.29, 0.717) is 45.3 Å². The monoisotopic (exact) mass is 464 g/mol. The van der Waals surface area contributed by atoms with Gasteiger partial charge in [0, 0.05) is 47.7 Å². The molecule has 0 saturated heterocycles. The predicted molar refractivity (Wildman–Crippen MR) is 136 cm³/mol. The number of carbonyl (C=O) groups excluding carboxylic acids is 2. The van der Waals surface area contributed by atoms with Crippen molar-refractivity contribution in [1.29, 1.82) is 0 Å². The molecule has 2 amide bonds. The molecule has 0 fully saturated rings. The number of hydrogen-bond donors (Lipinski definition) is 4. The lowest BCUT2D eigenvalue weighted by atomic mass is 10.1. The summed E-state index contributed by atoms with van der Waals surface area (Å²) in [7, 11) is 3.20. The SMILES string of the molecule is CN=C(N)c1cccc(NC(=O)c2ccc(C(=O)Nc3cccc(C(N)=NC)c3)cc2)c1.Cl. The quantitative estimate of drug-likeness (QED) is 0.329. The van der Waals surface area contributed by atoms with Crippen molar-refractivity contribution in [2.45, 2.75) is 0 Å². The van der Waals surface area contributed by atoms with E-state index in [-0.39, 0.29) is 24.2 Å². The molecule has 0 saturated carbocycles. The van der Waals surface area contributed by atoms with Gasteiger partial charge < -0.3 is 22.1 Å². The summed E-state index contributed by atoms with van der Waals surface area (Å²) < 4.78 is 0. The Balaban J connectivity index is 0.00000385. The van der Waals surface area contributed by atoms with E-state index in [1.54, 1.807) is 74.8 Å². The third-order valence-electron chi connectivity index (χ3n) is 4.72. The summed E-state index contributed by atoms with van der Waals surface area (Å²) in [5, 5.41) is 5.63. The van der Waals surface area contributed by atoms with Crippen LogP contribution < -0.4 is 22.1 Å². The number of halogens is 1. The molecule has 170 valence electrons. The maximum atomic E-state index is 12.6. The van der Waals surface area contributed by atoms with Crippen molar-refractivity contribution in [2.75, 3.05) is 24.7 Å². The molecule has 0 aliphatic carbocycles. The van der Waals surface area contributed by atoms with Crippen molar-refractivity contribution >= 4 is 47.3 Å². The van der Waals surface area contributed by atoms with Gasteiger partial charge in [-0.2, -0.15) is 0 Å². The smallest absolute Gasteiger partial charge is 0.255 e. The van der Waals surface area contributed by atoms with Gasteiger partial charge in [0.25, 0.3) is 11.8 Å². The average Bonchev–Trinajstić information content (AvgIpc) is 2.83. The molecule has 33 heavy (non-hydrogen) atoms. The molecule has 0 radical (unpaired) electrons. The molecule has 0 bridgehead atoms. The van der Waals surface area contributed by atoms with Gasteiger partial charge in [-0.3, -0.25) is 19.6 Å². The Hall–Kier alpha value is -4.17. The number of nitrogens with one attached hydrogen (secondary N) is 2. The molecule has 0 atom stereocenters. The summed E-state index contributed by atoms with van der Waals surface area (Å²) in [4.78, 5) is 33.0. The highest BCUT2D eigenvalue weighted by molar-refractivity contribution is 6.08. The van der Waals surface area contributed by atoms with E-state index in [9.17, 15) is 9.59 Å². The van der Waals surface area contributed by atoms with E-state index in [4.69, 9.17) is 11.5 Å². The second kappa shape index (κ2) is 11.4. The topological polar surface area (TPSA) is 135 Å². The van der Waals surface area contributed by atoms with E-state index in [1.807, 2.05) is 12.1 Å². The van der Waals surface area contributed by atoms with Crippen molar-refractivity contribution < 1.29 is 9.59 Å². The number of hydrogen-bond acceptors (Lipinski definition) is 4. The minimum atomic E-state index is -0.303. The Morgan fingerprint density at radius 2 is 1.00 bits per heavy atom. The molecule has 8 nitrogen and oxygen atoms in total. The van der Waals surface area contributed by atoms with Gasteiger partial charge >= 0.3 is 0 Å². The number of rotatable bonds is 6. The van der Waals surface area contributed by atoms with Gasteiger partial charge in [-0.05, 0) is 48.5 Å². The second-order valence-electron chi connectivity index (χ2n) is 6.86. The lowest BCUT2D eigenvalue weighted by molar-refractivity contribution is 0.101. The highest BCUT2D eigenvalue weighted by Gasteiger charge is 2.11. The molecule has 6 N–H and O–H groups in total. The molecular weight excluding hydrogens is 440 g/mol. The molecule has 9 heteroatoms. The first kappa shape index (κ1) is 25.1. The van der Waals surface area contributed by atoms with Crippen LogP contribution in [-0.4, -0.2) is 37.6 Å². The van der Waals surface area contributed by atoms with E-state index >= 15 is 0 Å². The van der Waals surface area contributed by atoms with Gasteiger partial charge in [0.05, 0.1) is 0 Å². The third kappa shape index (κ3) is 6.41. The van der Waals surface area contributed by atoms with Gasteiger partial charge in [-0.1, -0.05) is 24.3 Å². The molecule has 0 aliphatic heterocycles. The molecule has 0 aliphatic rings. The third-order valence-corrected chi connectivity index (χ3v) is 4.72. The molecule has 3 aromatic rings. The van der Waals surface area contributed by atoms with E-state index < -0.39 is 0 Å². The first-order valence-corrected chi connectivity index (χ1v) is 9.79. The largest absolute Gasteiger partial charge is 0.384 e. The van der Waals surface area contributed by atoms with Gasteiger partial charge in [-0.15, -0.1) is 12.4 Å². The number of amides is 2. The summed E-state index contributed by atoms with van der Waals surface area (Å²) in [5.74, 6) is 0.157. The van der Waals surface area contributed by atoms with Crippen LogP contribution in [0.2, 0.25) is 0 Å². The van der Waals surface area contributed by atoms with Crippen LogP contribution in [0.25, 0.3) is 0 Å². The molecule has 0 spiro atoms. The fourth-order valence-electron chi connectivity index (χ4n) is 2.95. The zero-order valence-corrected chi connectivity index (χ0v) is 19.0. The number of aliphatic imine (C=N–C) groups is 2. The normalized spacial score (nSPS) is 11.3. The molecule has 0 aromatic heterocycles.